The van der Waals surface area contributed by atoms with Crippen molar-refractivity contribution in [1.29, 1.82) is 5.26 Å². The Morgan fingerprint density at radius 3 is 2.81 bits per heavy atom. The van der Waals surface area contributed by atoms with E-state index in [-0.39, 0.29) is 17.2 Å². The molecule has 4 nitrogen and oxygen atoms in total. The highest BCUT2D eigenvalue weighted by Crippen LogP contribution is 2.38. The summed E-state index contributed by atoms with van der Waals surface area (Å²) >= 11 is 0. The summed E-state index contributed by atoms with van der Waals surface area (Å²) in [5.74, 6) is 0.935. The molecule has 1 aliphatic rings. The van der Waals surface area contributed by atoms with Crippen LogP contribution in [0.15, 0.2) is 17.1 Å². The Bertz CT molecular complexity index is 495. The number of pyridine rings is 1. The Hall–Kier alpha value is -1.76. The molecule has 1 heterocycles. The van der Waals surface area contributed by atoms with Crippen molar-refractivity contribution in [3.8, 4) is 11.8 Å². The van der Waals surface area contributed by atoms with Crippen LogP contribution in [0.2, 0.25) is 0 Å². The molecule has 1 aromatic heterocycles. The van der Waals surface area contributed by atoms with Crippen LogP contribution in [0.5, 0.6) is 5.75 Å². The molecule has 2 rings (SSSR count). The molecule has 0 radical (unpaired) electrons. The van der Waals surface area contributed by atoms with Gasteiger partial charge in [-0.3, -0.25) is 4.79 Å². The molecule has 0 spiro atoms. The lowest BCUT2D eigenvalue weighted by molar-refractivity contribution is 0.405. The summed E-state index contributed by atoms with van der Waals surface area (Å²) < 4.78 is 6.63. The maximum Gasteiger partial charge on any atom is 0.272 e. The molecule has 16 heavy (non-hydrogen) atoms. The molecule has 0 unspecified atom stereocenters. The predicted molar refractivity (Wildman–Crippen MR) is 59.4 cm³/mol. The van der Waals surface area contributed by atoms with Gasteiger partial charge in [-0.25, -0.2) is 0 Å². The molecule has 1 aliphatic carbocycles. The van der Waals surface area contributed by atoms with Crippen molar-refractivity contribution in [3.05, 3.63) is 28.2 Å². The van der Waals surface area contributed by atoms with Crippen molar-refractivity contribution in [1.82, 2.24) is 4.57 Å². The Morgan fingerprint density at radius 2 is 2.31 bits per heavy atom. The van der Waals surface area contributed by atoms with E-state index in [1.807, 2.05) is 13.0 Å². The zero-order valence-corrected chi connectivity index (χ0v) is 9.43. The van der Waals surface area contributed by atoms with Gasteiger partial charge >= 0.3 is 0 Å². The summed E-state index contributed by atoms with van der Waals surface area (Å²) in [5.41, 5.74) is -0.154. The summed E-state index contributed by atoms with van der Waals surface area (Å²) in [6.07, 6.45) is 4.05. The van der Waals surface area contributed by atoms with Gasteiger partial charge in [-0.2, -0.15) is 5.26 Å². The molecule has 0 saturated heterocycles. The molecule has 0 aliphatic heterocycles. The van der Waals surface area contributed by atoms with Gasteiger partial charge in [0.1, 0.15) is 11.8 Å². The Kier molecular flexibility index (Phi) is 2.69. The molecule has 1 saturated carbocycles. The Balaban J connectivity index is 2.48. The van der Waals surface area contributed by atoms with Crippen molar-refractivity contribution in [2.75, 3.05) is 7.11 Å². The number of hydrogen-bond acceptors (Lipinski definition) is 3. The fraction of sp³-hybridized carbons (Fsp3) is 0.500. The van der Waals surface area contributed by atoms with E-state index in [4.69, 9.17) is 10.00 Å². The van der Waals surface area contributed by atoms with E-state index in [1.54, 1.807) is 16.8 Å². The zero-order valence-electron chi connectivity index (χ0n) is 9.43. The van der Waals surface area contributed by atoms with Gasteiger partial charge < -0.3 is 9.30 Å². The number of nitrogens with zero attached hydrogens (tertiary/aromatic N) is 2. The molecule has 0 bridgehead atoms. The van der Waals surface area contributed by atoms with E-state index in [0.717, 1.165) is 0 Å². The first kappa shape index (κ1) is 10.7. The molecular formula is C12H14N2O2. The topological polar surface area (TPSA) is 55.0 Å². The maximum atomic E-state index is 12.0. The highest BCUT2D eigenvalue weighted by molar-refractivity contribution is 5.40. The van der Waals surface area contributed by atoms with Gasteiger partial charge in [0.2, 0.25) is 0 Å². The van der Waals surface area contributed by atoms with Crippen LogP contribution in [-0.2, 0) is 0 Å². The molecule has 1 fully saturated rings. The van der Waals surface area contributed by atoms with Crippen LogP contribution in [0.3, 0.4) is 0 Å². The third-order valence-electron chi connectivity index (χ3n) is 3.16. The van der Waals surface area contributed by atoms with Gasteiger partial charge in [0.15, 0.2) is 5.56 Å². The maximum absolute atomic E-state index is 12.0. The van der Waals surface area contributed by atoms with Crippen LogP contribution in [0.4, 0.5) is 0 Å². The van der Waals surface area contributed by atoms with Crippen molar-refractivity contribution in [2.24, 2.45) is 5.92 Å². The van der Waals surface area contributed by atoms with Gasteiger partial charge in [0, 0.05) is 12.2 Å². The number of nitriles is 1. The summed E-state index contributed by atoms with van der Waals surface area (Å²) in [5, 5.41) is 8.95. The molecule has 4 heteroatoms. The normalized spacial score (nSPS) is 16.6. The fourth-order valence-electron chi connectivity index (χ4n) is 1.93. The summed E-state index contributed by atoms with van der Waals surface area (Å²) in [7, 11) is 1.46. The first-order chi connectivity index (χ1) is 7.69. The third kappa shape index (κ3) is 1.69. The molecule has 0 N–H and O–H groups in total. The summed E-state index contributed by atoms with van der Waals surface area (Å²) in [6.45, 7) is 2.02. The Labute approximate surface area is 94.1 Å². The highest BCUT2D eigenvalue weighted by atomic mass is 16.5. The molecule has 1 aromatic rings. The number of aromatic nitrogens is 1. The monoisotopic (exact) mass is 218 g/mol. The average Bonchev–Trinajstić information content (AvgIpc) is 3.11. The summed E-state index contributed by atoms with van der Waals surface area (Å²) in [6, 6.07) is 3.76. The number of ether oxygens (including phenoxy) is 1. The quantitative estimate of drug-likeness (QED) is 0.775. The van der Waals surface area contributed by atoms with Crippen LogP contribution in [-0.4, -0.2) is 11.7 Å². The fourth-order valence-corrected chi connectivity index (χ4v) is 1.93. The minimum absolute atomic E-state index is 0.0949. The van der Waals surface area contributed by atoms with Crippen molar-refractivity contribution in [3.63, 3.8) is 0 Å². The zero-order chi connectivity index (χ0) is 11.7. The van der Waals surface area contributed by atoms with Gasteiger partial charge in [-0.05, 0) is 31.7 Å². The minimum atomic E-state index is -0.249. The molecule has 0 amide bonds. The third-order valence-corrected chi connectivity index (χ3v) is 3.16. The largest absolute Gasteiger partial charge is 0.495 e. The predicted octanol–water partition coefficient (Wildman–Crippen LogP) is 1.70. The van der Waals surface area contributed by atoms with Crippen LogP contribution >= 0.6 is 0 Å². The highest BCUT2D eigenvalue weighted by Gasteiger charge is 2.30. The number of methoxy groups -OCH3 is 1. The van der Waals surface area contributed by atoms with Crippen molar-refractivity contribution in [2.45, 2.75) is 25.8 Å². The van der Waals surface area contributed by atoms with E-state index in [2.05, 4.69) is 0 Å². The first-order valence-electron chi connectivity index (χ1n) is 5.38. The molecule has 84 valence electrons. The lowest BCUT2D eigenvalue weighted by Crippen LogP contribution is -2.26. The number of hydrogen-bond donors (Lipinski definition) is 0. The van der Waals surface area contributed by atoms with Gasteiger partial charge in [0.25, 0.3) is 5.56 Å². The van der Waals surface area contributed by atoms with Crippen LogP contribution < -0.4 is 10.3 Å². The number of rotatable bonds is 3. The smallest absolute Gasteiger partial charge is 0.272 e. The molecular weight excluding hydrogens is 204 g/mol. The molecule has 0 aromatic carbocycles. The van der Waals surface area contributed by atoms with E-state index in [1.165, 1.54) is 20.0 Å². The van der Waals surface area contributed by atoms with E-state index in [0.29, 0.717) is 11.7 Å². The Morgan fingerprint density at radius 1 is 1.62 bits per heavy atom. The van der Waals surface area contributed by atoms with Crippen LogP contribution in [0.25, 0.3) is 0 Å². The standard InChI is InChI=1S/C12H14N2O2/c1-8(9-3-4-9)14-6-5-11(16-2)10(7-13)12(14)15/h5-6,8-9H,3-4H2,1-2H3/t8-/m0/s1. The van der Waals surface area contributed by atoms with E-state index >= 15 is 0 Å². The van der Waals surface area contributed by atoms with Crippen LogP contribution in [0, 0.1) is 17.2 Å². The summed E-state index contributed by atoms with van der Waals surface area (Å²) in [4.78, 5) is 12.0. The SMILES string of the molecule is COc1ccn([C@@H](C)C2CC2)c(=O)c1C#N. The van der Waals surface area contributed by atoms with E-state index < -0.39 is 0 Å². The lowest BCUT2D eigenvalue weighted by Gasteiger charge is -2.15. The van der Waals surface area contributed by atoms with Crippen molar-refractivity contribution < 1.29 is 4.74 Å². The second-order valence-electron chi connectivity index (χ2n) is 4.16. The van der Waals surface area contributed by atoms with Gasteiger partial charge in [0.05, 0.1) is 7.11 Å². The van der Waals surface area contributed by atoms with Gasteiger partial charge in [-0.15, -0.1) is 0 Å². The second kappa shape index (κ2) is 4.01. The minimum Gasteiger partial charge on any atom is -0.495 e. The van der Waals surface area contributed by atoms with Gasteiger partial charge in [-0.1, -0.05) is 0 Å². The lowest BCUT2D eigenvalue weighted by atomic mass is 10.2. The molecule has 1 atom stereocenters. The second-order valence-corrected chi connectivity index (χ2v) is 4.16. The van der Waals surface area contributed by atoms with Crippen LogP contribution in [0.1, 0.15) is 31.4 Å². The van der Waals surface area contributed by atoms with Crippen molar-refractivity contribution >= 4 is 0 Å². The average molecular weight is 218 g/mol. The van der Waals surface area contributed by atoms with E-state index in [9.17, 15) is 4.79 Å². The first-order valence-corrected chi connectivity index (χ1v) is 5.38.